The van der Waals surface area contributed by atoms with Gasteiger partial charge in [-0.05, 0) is 30.4 Å². The lowest BCUT2D eigenvalue weighted by atomic mass is 9.96. The second-order valence-electron chi connectivity index (χ2n) is 6.40. The van der Waals surface area contributed by atoms with Gasteiger partial charge in [0.2, 0.25) is 0 Å². The van der Waals surface area contributed by atoms with Gasteiger partial charge in [-0.15, -0.1) is 0 Å². The number of nitrogens with one attached hydrogen (secondary N) is 3. The average molecular weight is 315 g/mol. The fourth-order valence-electron chi connectivity index (χ4n) is 3.42. The second kappa shape index (κ2) is 7.51. The minimum atomic E-state index is -0.158. The fraction of sp³-hybridized carbons (Fsp3) is 0.500. The van der Waals surface area contributed by atoms with Gasteiger partial charge >= 0.3 is 6.03 Å². The highest BCUT2D eigenvalue weighted by Crippen LogP contribution is 2.23. The number of H-pyrrole nitrogens is 1. The number of carbonyl (C=O) groups is 1. The first-order chi connectivity index (χ1) is 11.3. The Labute approximate surface area is 136 Å². The molecule has 5 nitrogen and oxygen atoms in total. The quantitative estimate of drug-likeness (QED) is 0.655. The highest BCUT2D eigenvalue weighted by molar-refractivity contribution is 5.80. The minimum absolute atomic E-state index is 0.0743. The number of amides is 2. The van der Waals surface area contributed by atoms with E-state index in [1.54, 1.807) is 0 Å². The number of urea groups is 1. The Hall–Kier alpha value is -2.01. The summed E-state index contributed by atoms with van der Waals surface area (Å²) in [6.07, 6.45) is 5.38. The van der Waals surface area contributed by atoms with Crippen molar-refractivity contribution in [3.8, 4) is 0 Å². The van der Waals surface area contributed by atoms with E-state index in [0.717, 1.165) is 42.3 Å². The molecule has 1 aromatic heterocycles. The summed E-state index contributed by atoms with van der Waals surface area (Å²) >= 11 is 0. The van der Waals surface area contributed by atoms with Crippen LogP contribution in [-0.4, -0.2) is 28.8 Å². The van der Waals surface area contributed by atoms with Gasteiger partial charge in [-0.2, -0.15) is 0 Å². The maximum atomic E-state index is 12.2. The van der Waals surface area contributed by atoms with Crippen LogP contribution in [0.25, 0.3) is 10.9 Å². The van der Waals surface area contributed by atoms with E-state index in [4.69, 9.17) is 0 Å². The van der Waals surface area contributed by atoms with Crippen LogP contribution >= 0.6 is 0 Å². The van der Waals surface area contributed by atoms with Crippen LogP contribution < -0.4 is 10.6 Å². The lowest BCUT2D eigenvalue weighted by Crippen LogP contribution is -2.45. The van der Waals surface area contributed by atoms with Gasteiger partial charge in [0, 0.05) is 29.8 Å². The van der Waals surface area contributed by atoms with Crippen molar-refractivity contribution in [2.45, 2.75) is 44.7 Å². The first-order valence-electron chi connectivity index (χ1n) is 8.48. The van der Waals surface area contributed by atoms with E-state index in [2.05, 4.69) is 21.7 Å². The zero-order valence-corrected chi connectivity index (χ0v) is 13.3. The lowest BCUT2D eigenvalue weighted by Gasteiger charge is -2.24. The van der Waals surface area contributed by atoms with Gasteiger partial charge < -0.3 is 20.7 Å². The van der Waals surface area contributed by atoms with E-state index in [9.17, 15) is 9.90 Å². The first kappa shape index (κ1) is 15.9. The molecule has 1 fully saturated rings. The molecule has 1 aliphatic rings. The first-order valence-corrected chi connectivity index (χ1v) is 8.48. The van der Waals surface area contributed by atoms with Crippen LogP contribution in [0.3, 0.4) is 0 Å². The van der Waals surface area contributed by atoms with Crippen LogP contribution in [0.4, 0.5) is 4.79 Å². The van der Waals surface area contributed by atoms with E-state index in [-0.39, 0.29) is 24.6 Å². The van der Waals surface area contributed by atoms with Gasteiger partial charge in [0.15, 0.2) is 0 Å². The third-order valence-electron chi connectivity index (χ3n) is 4.74. The van der Waals surface area contributed by atoms with Crippen molar-refractivity contribution in [3.05, 3.63) is 36.0 Å². The minimum Gasteiger partial charge on any atom is -0.396 e. The van der Waals surface area contributed by atoms with Crippen LogP contribution in [0, 0.1) is 5.92 Å². The number of rotatable bonds is 4. The predicted molar refractivity (Wildman–Crippen MR) is 91.1 cm³/mol. The third kappa shape index (κ3) is 4.05. The largest absolute Gasteiger partial charge is 0.396 e. The number of hydrogen-bond donors (Lipinski definition) is 4. The molecule has 1 saturated carbocycles. The number of para-hydroxylation sites is 1. The normalized spacial score (nSPS) is 21.8. The molecule has 0 saturated heterocycles. The molecule has 23 heavy (non-hydrogen) atoms. The molecule has 124 valence electrons. The summed E-state index contributed by atoms with van der Waals surface area (Å²) in [5.74, 6) is 0.177. The van der Waals surface area contributed by atoms with Crippen LogP contribution in [0.15, 0.2) is 30.3 Å². The summed E-state index contributed by atoms with van der Waals surface area (Å²) in [7, 11) is 0. The monoisotopic (exact) mass is 315 g/mol. The van der Waals surface area contributed by atoms with Crippen LogP contribution in [0.1, 0.15) is 37.8 Å². The maximum Gasteiger partial charge on any atom is 0.315 e. The Kier molecular flexibility index (Phi) is 5.18. The Morgan fingerprint density at radius 2 is 2.04 bits per heavy atom. The number of benzene rings is 1. The van der Waals surface area contributed by atoms with E-state index in [0.29, 0.717) is 6.54 Å². The van der Waals surface area contributed by atoms with Crippen molar-refractivity contribution in [2.24, 2.45) is 5.92 Å². The molecule has 2 atom stereocenters. The number of hydrogen-bond acceptors (Lipinski definition) is 2. The molecule has 0 bridgehead atoms. The number of aliphatic hydroxyl groups is 1. The van der Waals surface area contributed by atoms with Gasteiger partial charge in [0.25, 0.3) is 0 Å². The van der Waals surface area contributed by atoms with Gasteiger partial charge in [-0.25, -0.2) is 4.79 Å². The number of fused-ring (bicyclic) bond motifs is 1. The van der Waals surface area contributed by atoms with Crippen molar-refractivity contribution < 1.29 is 9.90 Å². The van der Waals surface area contributed by atoms with E-state index >= 15 is 0 Å². The molecule has 0 aliphatic heterocycles. The van der Waals surface area contributed by atoms with Gasteiger partial charge in [0.1, 0.15) is 0 Å². The Balaban J connectivity index is 1.54. The molecule has 5 heteroatoms. The topological polar surface area (TPSA) is 77.2 Å². The third-order valence-corrected chi connectivity index (χ3v) is 4.74. The van der Waals surface area contributed by atoms with Crippen molar-refractivity contribution >= 4 is 16.9 Å². The van der Waals surface area contributed by atoms with Crippen molar-refractivity contribution in [3.63, 3.8) is 0 Å². The van der Waals surface area contributed by atoms with E-state index in [1.165, 1.54) is 6.42 Å². The Bertz CT molecular complexity index is 620. The molecule has 0 spiro atoms. The smallest absolute Gasteiger partial charge is 0.315 e. The summed E-state index contributed by atoms with van der Waals surface area (Å²) in [6.45, 7) is 0.615. The lowest BCUT2D eigenvalue weighted by molar-refractivity contribution is 0.179. The fourth-order valence-corrected chi connectivity index (χ4v) is 3.42. The van der Waals surface area contributed by atoms with E-state index in [1.807, 2.05) is 24.3 Å². The molecule has 4 N–H and O–H groups in total. The average Bonchev–Trinajstić information content (AvgIpc) is 2.85. The summed E-state index contributed by atoms with van der Waals surface area (Å²) in [4.78, 5) is 15.5. The standard InChI is InChI=1S/C18H25N3O2/c22-12-14-7-2-1-3-8-17(14)21-18(23)19-11-15-10-13-6-4-5-9-16(13)20-15/h4-6,9-10,14,17,20,22H,1-3,7-8,11-12H2,(H2,19,21,23). The number of aliphatic hydroxyl groups excluding tert-OH is 1. The van der Waals surface area contributed by atoms with Crippen molar-refractivity contribution in [1.29, 1.82) is 0 Å². The molecule has 0 radical (unpaired) electrons. The summed E-state index contributed by atoms with van der Waals surface area (Å²) in [5, 5.41) is 16.6. The molecule has 2 amide bonds. The highest BCUT2D eigenvalue weighted by atomic mass is 16.3. The molecule has 3 rings (SSSR count). The number of aromatic amines is 1. The van der Waals surface area contributed by atoms with Crippen molar-refractivity contribution in [1.82, 2.24) is 15.6 Å². The molecular weight excluding hydrogens is 290 g/mol. The molecule has 2 unspecified atom stereocenters. The second-order valence-corrected chi connectivity index (χ2v) is 6.40. The van der Waals surface area contributed by atoms with Gasteiger partial charge in [-0.1, -0.05) is 37.5 Å². The predicted octanol–water partition coefficient (Wildman–Crippen LogP) is 2.91. The molecule has 1 aromatic carbocycles. The van der Waals surface area contributed by atoms with E-state index < -0.39 is 0 Å². The summed E-state index contributed by atoms with van der Waals surface area (Å²) < 4.78 is 0. The number of aromatic nitrogens is 1. The zero-order valence-electron chi connectivity index (χ0n) is 13.3. The van der Waals surface area contributed by atoms with Crippen LogP contribution in [0.2, 0.25) is 0 Å². The number of carbonyl (C=O) groups excluding carboxylic acids is 1. The summed E-state index contributed by atoms with van der Waals surface area (Å²) in [5.41, 5.74) is 2.06. The van der Waals surface area contributed by atoms with Gasteiger partial charge in [-0.3, -0.25) is 0 Å². The Morgan fingerprint density at radius 3 is 2.87 bits per heavy atom. The molecule has 1 aliphatic carbocycles. The molecule has 2 aromatic rings. The zero-order chi connectivity index (χ0) is 16.1. The van der Waals surface area contributed by atoms with Crippen LogP contribution in [-0.2, 0) is 6.54 Å². The van der Waals surface area contributed by atoms with Gasteiger partial charge in [0.05, 0.1) is 6.54 Å². The molecular formula is C18H25N3O2. The Morgan fingerprint density at radius 1 is 1.22 bits per heavy atom. The van der Waals surface area contributed by atoms with Crippen molar-refractivity contribution in [2.75, 3.05) is 6.61 Å². The highest BCUT2D eigenvalue weighted by Gasteiger charge is 2.24. The molecule has 1 heterocycles. The summed E-state index contributed by atoms with van der Waals surface area (Å²) in [6, 6.07) is 10.0. The SMILES string of the molecule is O=C(NCc1cc2ccccc2[nH]1)NC1CCCCCC1CO. The maximum absolute atomic E-state index is 12.2. The van der Waals surface area contributed by atoms with Crippen LogP contribution in [0.5, 0.6) is 0 Å².